The lowest BCUT2D eigenvalue weighted by atomic mass is 10.1. The summed E-state index contributed by atoms with van der Waals surface area (Å²) in [6.45, 7) is 4.02. The molecule has 252 valence electrons. The second-order valence-electron chi connectivity index (χ2n) is 10.5. The number of nitrogens with one attached hydrogen (secondary N) is 6. The number of halogens is 4. The lowest BCUT2D eigenvalue weighted by Gasteiger charge is -2.24. The molecule has 6 N–H and O–H groups in total. The molecule has 4 aromatic rings. The van der Waals surface area contributed by atoms with Crippen molar-refractivity contribution in [3.8, 4) is 0 Å². The number of rotatable bonds is 6. The normalized spacial score (nSPS) is 17.3. The van der Waals surface area contributed by atoms with Gasteiger partial charge < -0.3 is 41.4 Å². The zero-order valence-corrected chi connectivity index (χ0v) is 26.9. The van der Waals surface area contributed by atoms with Gasteiger partial charge in [-0.3, -0.25) is 0 Å². The van der Waals surface area contributed by atoms with Crippen LogP contribution in [0.25, 0.3) is 0 Å². The molecule has 2 atom stereocenters. The summed E-state index contributed by atoms with van der Waals surface area (Å²) in [5.74, 6) is -1.04. The van der Waals surface area contributed by atoms with Crippen molar-refractivity contribution in [1.82, 2.24) is 20.6 Å². The molecule has 2 saturated heterocycles. The zero-order valence-electron chi connectivity index (χ0n) is 25.4. The third-order valence-electron chi connectivity index (χ3n) is 7.05. The number of anilines is 4. The maximum Gasteiger partial charge on any atom is 0.323 e. The molecule has 0 saturated carbocycles. The van der Waals surface area contributed by atoms with Crippen LogP contribution in [0.3, 0.4) is 0 Å². The van der Waals surface area contributed by atoms with E-state index in [9.17, 15) is 18.4 Å². The smallest absolute Gasteiger partial charge is 0.323 e. The van der Waals surface area contributed by atoms with Crippen LogP contribution in [0.4, 0.5) is 41.1 Å². The molecule has 4 heterocycles. The van der Waals surface area contributed by atoms with E-state index in [1.165, 1.54) is 36.7 Å². The highest BCUT2D eigenvalue weighted by Crippen LogP contribution is 2.25. The van der Waals surface area contributed by atoms with Gasteiger partial charge in [0.15, 0.2) is 0 Å². The molecule has 6 rings (SSSR count). The van der Waals surface area contributed by atoms with Gasteiger partial charge in [0.2, 0.25) is 0 Å². The van der Waals surface area contributed by atoms with Crippen LogP contribution in [-0.2, 0) is 9.47 Å². The Morgan fingerprint density at radius 3 is 1.44 bits per heavy atom. The second-order valence-corrected chi connectivity index (χ2v) is 11.3. The quantitative estimate of drug-likeness (QED) is 0.127. The molecule has 12 nitrogen and oxygen atoms in total. The van der Waals surface area contributed by atoms with Gasteiger partial charge in [-0.2, -0.15) is 0 Å². The molecule has 4 amide bonds. The summed E-state index contributed by atoms with van der Waals surface area (Å²) < 4.78 is 39.6. The maximum atomic E-state index is 14.2. The predicted octanol–water partition coefficient (Wildman–Crippen LogP) is 6.36. The molecule has 2 aromatic carbocycles. The van der Waals surface area contributed by atoms with Gasteiger partial charge in [-0.05, 0) is 59.7 Å². The Balaban J connectivity index is 0.000000188. The number of amides is 4. The minimum Gasteiger partial charge on any atom is -0.371 e. The van der Waals surface area contributed by atoms with Gasteiger partial charge in [-0.1, -0.05) is 35.3 Å². The molecule has 2 aliphatic heterocycles. The highest BCUT2D eigenvalue weighted by Gasteiger charge is 2.19. The van der Waals surface area contributed by atoms with Crippen molar-refractivity contribution in [3.63, 3.8) is 0 Å². The zero-order chi connectivity index (χ0) is 33.9. The number of morpholine rings is 2. The van der Waals surface area contributed by atoms with E-state index in [4.69, 9.17) is 32.7 Å². The SMILES string of the molecule is O=C(Nc1ccc(Cl)nc1)Nc1ccc([C@@H]2CNCCO2)cc1F.O=C(Nc1ccc(Cl)nc1)Nc1ccc([C@H]2CNCCO2)cc1F. The van der Waals surface area contributed by atoms with E-state index >= 15 is 0 Å². The summed E-state index contributed by atoms with van der Waals surface area (Å²) in [5.41, 5.74) is 2.54. The van der Waals surface area contributed by atoms with Crippen LogP contribution in [0.2, 0.25) is 10.3 Å². The second kappa shape index (κ2) is 17.1. The number of aromatic nitrogens is 2. The molecule has 16 heteroatoms. The third kappa shape index (κ3) is 10.3. The number of pyridine rings is 2. The molecule has 2 fully saturated rings. The minimum absolute atomic E-state index is 0.0851. The molecular formula is C32H32Cl2F2N8O4. The Hall–Kier alpha value is -4.44. The van der Waals surface area contributed by atoms with Gasteiger partial charge in [0.05, 0.1) is 60.6 Å². The minimum atomic E-state index is -0.568. The summed E-state index contributed by atoms with van der Waals surface area (Å²) in [4.78, 5) is 31.5. The third-order valence-corrected chi connectivity index (χ3v) is 7.50. The molecule has 0 spiro atoms. The lowest BCUT2D eigenvalue weighted by molar-refractivity contribution is 0.0275. The first kappa shape index (κ1) is 34.9. The summed E-state index contributed by atoms with van der Waals surface area (Å²) >= 11 is 11.3. The average Bonchev–Trinajstić information content (AvgIpc) is 3.10. The number of ether oxygens (including phenoxy) is 2. The number of hydrogen-bond donors (Lipinski definition) is 6. The van der Waals surface area contributed by atoms with Crippen molar-refractivity contribution in [2.75, 3.05) is 60.7 Å². The van der Waals surface area contributed by atoms with Gasteiger partial charge in [0, 0.05) is 26.2 Å². The lowest BCUT2D eigenvalue weighted by Crippen LogP contribution is -2.33. The van der Waals surface area contributed by atoms with Crippen molar-refractivity contribution >= 4 is 58.0 Å². The Kier molecular flexibility index (Phi) is 12.4. The fourth-order valence-electron chi connectivity index (χ4n) is 4.69. The molecule has 0 aliphatic carbocycles. The van der Waals surface area contributed by atoms with Gasteiger partial charge >= 0.3 is 12.1 Å². The first-order valence-electron chi connectivity index (χ1n) is 14.9. The summed E-state index contributed by atoms with van der Waals surface area (Å²) in [6, 6.07) is 14.4. The van der Waals surface area contributed by atoms with E-state index in [1.807, 2.05) is 0 Å². The van der Waals surface area contributed by atoms with Crippen molar-refractivity contribution in [3.05, 3.63) is 106 Å². The molecule has 0 radical (unpaired) electrons. The maximum absolute atomic E-state index is 14.2. The molecule has 2 aromatic heterocycles. The first-order chi connectivity index (χ1) is 23.2. The van der Waals surface area contributed by atoms with Crippen LogP contribution in [0.1, 0.15) is 23.3 Å². The predicted molar refractivity (Wildman–Crippen MR) is 180 cm³/mol. The standard InChI is InChI=1S/2C16H16ClFN4O2/c2*17-15-4-2-11(8-20-15)21-16(23)22-13-3-1-10(7-12(13)18)14-9-19-5-6-24-14/h2*1-4,7-8,14,19H,5-6,9H2,(H2,21,22,23)/t2*14-/m10/s1. The van der Waals surface area contributed by atoms with Crippen molar-refractivity contribution in [2.45, 2.75) is 12.2 Å². The number of hydrogen-bond acceptors (Lipinski definition) is 8. The summed E-state index contributed by atoms with van der Waals surface area (Å²) in [6.07, 6.45) is 2.45. The molecule has 0 bridgehead atoms. The molecule has 48 heavy (non-hydrogen) atoms. The van der Waals surface area contributed by atoms with Crippen molar-refractivity contribution in [2.24, 2.45) is 0 Å². The molecule has 0 unspecified atom stereocenters. The topological polar surface area (TPSA) is 151 Å². The largest absolute Gasteiger partial charge is 0.371 e. The van der Waals surface area contributed by atoms with Crippen molar-refractivity contribution in [1.29, 1.82) is 0 Å². The van der Waals surface area contributed by atoms with Crippen LogP contribution in [0, 0.1) is 11.6 Å². The van der Waals surface area contributed by atoms with Crippen LogP contribution in [0.15, 0.2) is 73.1 Å². The fraction of sp³-hybridized carbons (Fsp3) is 0.250. The van der Waals surface area contributed by atoms with E-state index in [2.05, 4.69) is 41.9 Å². The van der Waals surface area contributed by atoms with Crippen LogP contribution in [0.5, 0.6) is 0 Å². The Labute approximate surface area is 284 Å². The number of urea groups is 2. The van der Waals surface area contributed by atoms with Gasteiger partial charge in [-0.25, -0.2) is 28.3 Å². The molecular weight excluding hydrogens is 669 g/mol. The number of nitrogens with zero attached hydrogens (tertiary/aromatic N) is 2. The van der Waals surface area contributed by atoms with E-state index < -0.39 is 23.7 Å². The Bertz CT molecular complexity index is 1570. The van der Waals surface area contributed by atoms with Gasteiger partial charge in [-0.15, -0.1) is 0 Å². The van der Waals surface area contributed by atoms with E-state index in [0.29, 0.717) is 48.0 Å². The average molecular weight is 702 g/mol. The van der Waals surface area contributed by atoms with Gasteiger partial charge in [0.25, 0.3) is 0 Å². The van der Waals surface area contributed by atoms with Crippen LogP contribution < -0.4 is 31.9 Å². The molecule has 2 aliphatic rings. The van der Waals surface area contributed by atoms with E-state index in [1.54, 1.807) is 36.4 Å². The number of benzene rings is 2. The van der Waals surface area contributed by atoms with Crippen molar-refractivity contribution < 1.29 is 27.8 Å². The van der Waals surface area contributed by atoms with E-state index in [0.717, 1.165) is 24.2 Å². The highest BCUT2D eigenvalue weighted by atomic mass is 35.5. The van der Waals surface area contributed by atoms with Crippen LogP contribution >= 0.6 is 23.2 Å². The van der Waals surface area contributed by atoms with Crippen LogP contribution in [-0.4, -0.2) is 61.4 Å². The number of carbonyl (C=O) groups is 2. The van der Waals surface area contributed by atoms with Gasteiger partial charge in [0.1, 0.15) is 21.9 Å². The Morgan fingerprint density at radius 2 is 1.10 bits per heavy atom. The highest BCUT2D eigenvalue weighted by molar-refractivity contribution is 6.29. The first-order valence-corrected chi connectivity index (χ1v) is 15.6. The summed E-state index contributed by atoms with van der Waals surface area (Å²) in [5, 5.41) is 17.0. The summed E-state index contributed by atoms with van der Waals surface area (Å²) in [7, 11) is 0. The fourth-order valence-corrected chi connectivity index (χ4v) is 4.92. The van der Waals surface area contributed by atoms with E-state index in [-0.39, 0.29) is 23.6 Å². The number of carbonyl (C=O) groups excluding carboxylic acids is 2. The Morgan fingerprint density at radius 1 is 0.667 bits per heavy atom. The monoisotopic (exact) mass is 700 g/mol.